The first-order valence-corrected chi connectivity index (χ1v) is 5.09. The van der Waals surface area contributed by atoms with Crippen molar-refractivity contribution in [2.75, 3.05) is 27.2 Å². The van der Waals surface area contributed by atoms with Gasteiger partial charge in [-0.2, -0.15) is 0 Å². The molecular formula is C10H23N3O. The summed E-state index contributed by atoms with van der Waals surface area (Å²) in [7, 11) is 3.99. The van der Waals surface area contributed by atoms with Crippen LogP contribution in [-0.2, 0) is 4.79 Å². The number of carbonyl (C=O) groups is 1. The van der Waals surface area contributed by atoms with E-state index in [9.17, 15) is 4.79 Å². The Hall–Kier alpha value is -0.610. The maximum atomic E-state index is 11.3. The molecule has 84 valence electrons. The minimum Gasteiger partial charge on any atom is -0.351 e. The number of rotatable bonds is 6. The van der Waals surface area contributed by atoms with Crippen molar-refractivity contribution in [2.24, 2.45) is 0 Å². The molecule has 0 heterocycles. The predicted molar refractivity (Wildman–Crippen MR) is 59.3 cm³/mol. The van der Waals surface area contributed by atoms with Crippen LogP contribution in [0.2, 0.25) is 0 Å². The lowest BCUT2D eigenvalue weighted by molar-refractivity contribution is -0.121. The number of nitrogens with one attached hydrogen (secondary N) is 2. The van der Waals surface area contributed by atoms with Crippen molar-refractivity contribution in [3.05, 3.63) is 0 Å². The van der Waals surface area contributed by atoms with Crippen molar-refractivity contribution >= 4 is 5.91 Å². The van der Waals surface area contributed by atoms with E-state index in [1.807, 2.05) is 34.9 Å². The Kier molecular flexibility index (Phi) is 6.49. The molecule has 4 heteroatoms. The Morgan fingerprint density at radius 1 is 1.29 bits per heavy atom. The molecule has 0 saturated carbocycles. The van der Waals surface area contributed by atoms with Gasteiger partial charge in [0.2, 0.25) is 5.91 Å². The summed E-state index contributed by atoms with van der Waals surface area (Å²) in [4.78, 5) is 13.4. The average molecular weight is 201 g/mol. The zero-order valence-corrected chi connectivity index (χ0v) is 9.92. The zero-order valence-electron chi connectivity index (χ0n) is 9.92. The van der Waals surface area contributed by atoms with Gasteiger partial charge in [-0.15, -0.1) is 0 Å². The summed E-state index contributed by atoms with van der Waals surface area (Å²) in [5.74, 6) is 0.0630. The Balaban J connectivity index is 3.60. The lowest BCUT2D eigenvalue weighted by Crippen LogP contribution is -2.44. The van der Waals surface area contributed by atoms with Gasteiger partial charge >= 0.3 is 0 Å². The number of hydrogen-bond donors (Lipinski definition) is 2. The van der Waals surface area contributed by atoms with Crippen LogP contribution in [0, 0.1) is 0 Å². The molecule has 0 aliphatic rings. The van der Waals surface area contributed by atoms with Crippen molar-refractivity contribution < 1.29 is 4.79 Å². The topological polar surface area (TPSA) is 44.4 Å². The van der Waals surface area contributed by atoms with Gasteiger partial charge < -0.3 is 15.5 Å². The summed E-state index contributed by atoms with van der Waals surface area (Å²) in [5.41, 5.74) is 0. The molecule has 0 aromatic carbocycles. The van der Waals surface area contributed by atoms with E-state index >= 15 is 0 Å². The molecule has 0 spiro atoms. The fourth-order valence-corrected chi connectivity index (χ4v) is 1.22. The molecule has 0 radical (unpaired) electrons. The number of likely N-dealkylation sites (N-methyl/N-ethyl adjacent to an activating group) is 1. The third-order valence-electron chi connectivity index (χ3n) is 1.72. The summed E-state index contributed by atoms with van der Waals surface area (Å²) < 4.78 is 0. The van der Waals surface area contributed by atoms with E-state index in [0.717, 1.165) is 6.54 Å². The minimum absolute atomic E-state index is 0.0630. The molecule has 0 aliphatic carbocycles. The Morgan fingerprint density at radius 2 is 1.86 bits per heavy atom. The first kappa shape index (κ1) is 13.4. The first-order valence-electron chi connectivity index (χ1n) is 5.09. The van der Waals surface area contributed by atoms with E-state index in [1.54, 1.807) is 0 Å². The second-order valence-electron chi connectivity index (χ2n) is 4.27. The highest BCUT2D eigenvalue weighted by Crippen LogP contribution is 1.84. The number of amides is 1. The van der Waals surface area contributed by atoms with Gasteiger partial charge in [-0.3, -0.25) is 4.79 Å². The van der Waals surface area contributed by atoms with E-state index < -0.39 is 0 Å². The van der Waals surface area contributed by atoms with E-state index in [-0.39, 0.29) is 11.9 Å². The summed E-state index contributed by atoms with van der Waals surface area (Å²) in [6.07, 6.45) is 0. The second kappa shape index (κ2) is 6.79. The molecule has 4 nitrogen and oxygen atoms in total. The maximum absolute atomic E-state index is 11.3. The largest absolute Gasteiger partial charge is 0.351 e. The van der Waals surface area contributed by atoms with Gasteiger partial charge in [-0.05, 0) is 21.0 Å². The molecule has 0 aromatic heterocycles. The van der Waals surface area contributed by atoms with Gasteiger partial charge in [0.05, 0.1) is 6.54 Å². The van der Waals surface area contributed by atoms with Crippen LogP contribution in [0.25, 0.3) is 0 Å². The first-order chi connectivity index (χ1) is 6.41. The lowest BCUT2D eigenvalue weighted by Gasteiger charge is -2.18. The predicted octanol–water partition coefficient (Wildman–Crippen LogP) is 0.0507. The molecule has 14 heavy (non-hydrogen) atoms. The lowest BCUT2D eigenvalue weighted by atomic mass is 10.3. The van der Waals surface area contributed by atoms with Gasteiger partial charge in [0, 0.05) is 18.6 Å². The van der Waals surface area contributed by atoms with Gasteiger partial charge in [-0.1, -0.05) is 13.8 Å². The molecule has 0 saturated heterocycles. The summed E-state index contributed by atoms with van der Waals surface area (Å²) in [6.45, 7) is 7.32. The van der Waals surface area contributed by atoms with Gasteiger partial charge in [0.1, 0.15) is 0 Å². The van der Waals surface area contributed by atoms with Gasteiger partial charge in [0.25, 0.3) is 0 Å². The highest BCUT2D eigenvalue weighted by Gasteiger charge is 2.07. The number of carbonyl (C=O) groups excluding carboxylic acids is 1. The van der Waals surface area contributed by atoms with E-state index in [0.29, 0.717) is 12.6 Å². The standard InChI is InChI=1S/C10H23N3O/c1-8(2)11-6-10(14)12-9(3)7-13(4)5/h8-9,11H,6-7H2,1-5H3,(H,12,14). The smallest absolute Gasteiger partial charge is 0.234 e. The summed E-state index contributed by atoms with van der Waals surface area (Å²) >= 11 is 0. The molecule has 0 aliphatic heterocycles. The van der Waals surface area contributed by atoms with Crippen molar-refractivity contribution in [2.45, 2.75) is 32.9 Å². The third-order valence-corrected chi connectivity index (χ3v) is 1.72. The molecule has 1 atom stereocenters. The Bertz CT molecular complexity index is 169. The average Bonchev–Trinajstić information content (AvgIpc) is 1.98. The Labute approximate surface area is 87.0 Å². The van der Waals surface area contributed by atoms with Crippen molar-refractivity contribution in [1.82, 2.24) is 15.5 Å². The number of nitrogens with zero attached hydrogens (tertiary/aromatic N) is 1. The monoisotopic (exact) mass is 201 g/mol. The zero-order chi connectivity index (χ0) is 11.1. The molecule has 0 rings (SSSR count). The summed E-state index contributed by atoms with van der Waals surface area (Å²) in [6, 6.07) is 0.552. The van der Waals surface area contributed by atoms with Gasteiger partial charge in [-0.25, -0.2) is 0 Å². The third kappa shape index (κ3) is 8.01. The molecule has 0 fully saturated rings. The molecule has 0 bridgehead atoms. The molecule has 0 aromatic rings. The van der Waals surface area contributed by atoms with Gasteiger partial charge in [0.15, 0.2) is 0 Å². The van der Waals surface area contributed by atoms with Crippen LogP contribution >= 0.6 is 0 Å². The van der Waals surface area contributed by atoms with Crippen LogP contribution in [0.5, 0.6) is 0 Å². The summed E-state index contributed by atoms with van der Waals surface area (Å²) in [5, 5.41) is 6.00. The van der Waals surface area contributed by atoms with E-state index in [2.05, 4.69) is 15.5 Å². The van der Waals surface area contributed by atoms with Crippen LogP contribution in [0.3, 0.4) is 0 Å². The highest BCUT2D eigenvalue weighted by atomic mass is 16.1. The highest BCUT2D eigenvalue weighted by molar-refractivity contribution is 5.78. The molecule has 1 unspecified atom stereocenters. The molecule has 2 N–H and O–H groups in total. The quantitative estimate of drug-likeness (QED) is 0.638. The van der Waals surface area contributed by atoms with Crippen LogP contribution in [-0.4, -0.2) is 50.1 Å². The van der Waals surface area contributed by atoms with Crippen LogP contribution in [0.4, 0.5) is 0 Å². The van der Waals surface area contributed by atoms with Crippen molar-refractivity contribution in [3.8, 4) is 0 Å². The van der Waals surface area contributed by atoms with Crippen molar-refractivity contribution in [1.29, 1.82) is 0 Å². The number of hydrogen-bond acceptors (Lipinski definition) is 3. The maximum Gasteiger partial charge on any atom is 0.234 e. The Morgan fingerprint density at radius 3 is 2.29 bits per heavy atom. The molecular weight excluding hydrogens is 178 g/mol. The molecule has 1 amide bonds. The fourth-order valence-electron chi connectivity index (χ4n) is 1.22. The van der Waals surface area contributed by atoms with E-state index in [4.69, 9.17) is 0 Å². The van der Waals surface area contributed by atoms with Crippen LogP contribution < -0.4 is 10.6 Å². The van der Waals surface area contributed by atoms with Crippen LogP contribution in [0.15, 0.2) is 0 Å². The second-order valence-corrected chi connectivity index (χ2v) is 4.27. The fraction of sp³-hybridized carbons (Fsp3) is 0.900. The van der Waals surface area contributed by atoms with Crippen LogP contribution in [0.1, 0.15) is 20.8 Å². The van der Waals surface area contributed by atoms with Crippen molar-refractivity contribution in [3.63, 3.8) is 0 Å². The minimum atomic E-state index is 0.0630. The SMILES string of the molecule is CC(C)NCC(=O)NC(C)CN(C)C. The normalized spacial score (nSPS) is 13.4. The van der Waals surface area contributed by atoms with E-state index in [1.165, 1.54) is 0 Å².